The second-order valence-electron chi connectivity index (χ2n) is 3.56. The Morgan fingerprint density at radius 3 is 2.67 bits per heavy atom. The fourth-order valence-corrected chi connectivity index (χ4v) is 1.38. The lowest BCUT2D eigenvalue weighted by Gasteiger charge is -2.04. The first-order valence-corrected chi connectivity index (χ1v) is 5.48. The van der Waals surface area contributed by atoms with Crippen LogP contribution in [-0.4, -0.2) is 13.3 Å². The topological polar surface area (TPSA) is 21.6 Å². The van der Waals surface area contributed by atoms with Gasteiger partial charge < -0.3 is 4.74 Å². The molecule has 1 aromatic rings. The zero-order valence-electron chi connectivity index (χ0n) is 9.73. The molecule has 0 aromatic heterocycles. The Balaban J connectivity index is 2.70. The van der Waals surface area contributed by atoms with E-state index in [1.807, 2.05) is 30.5 Å². The molecule has 0 spiro atoms. The van der Waals surface area contributed by atoms with Crippen molar-refractivity contribution in [2.75, 3.05) is 7.11 Å². The highest BCUT2D eigenvalue weighted by atomic mass is 16.5. The molecule has 0 saturated heterocycles. The number of aliphatic imine (C=N–C) groups is 1. The summed E-state index contributed by atoms with van der Waals surface area (Å²) in [5.74, 6) is 1.44. The third-order valence-electron chi connectivity index (χ3n) is 2.54. The van der Waals surface area contributed by atoms with Crippen molar-refractivity contribution in [1.29, 1.82) is 0 Å². The minimum absolute atomic E-state index is 0.580. The van der Waals surface area contributed by atoms with Crippen molar-refractivity contribution in [3.8, 4) is 5.75 Å². The Kier molecular flexibility index (Phi) is 4.88. The number of hydrogen-bond acceptors (Lipinski definition) is 2. The maximum Gasteiger partial charge on any atom is 0.121 e. The van der Waals surface area contributed by atoms with Gasteiger partial charge in [0.2, 0.25) is 0 Å². The molecule has 0 bridgehead atoms. The van der Waals surface area contributed by atoms with Crippen molar-refractivity contribution in [1.82, 2.24) is 0 Å². The van der Waals surface area contributed by atoms with Gasteiger partial charge in [-0.25, -0.2) is 0 Å². The molecule has 0 aliphatic rings. The molecule has 0 radical (unpaired) electrons. The monoisotopic (exact) mass is 205 g/mol. The molecule has 0 N–H and O–H groups in total. The Hall–Kier alpha value is -1.31. The quantitative estimate of drug-likeness (QED) is 0.669. The van der Waals surface area contributed by atoms with Gasteiger partial charge in [-0.2, -0.15) is 0 Å². The summed E-state index contributed by atoms with van der Waals surface area (Å²) in [4.78, 5) is 4.45. The minimum Gasteiger partial charge on any atom is -0.497 e. The number of rotatable bonds is 5. The van der Waals surface area contributed by atoms with E-state index in [0.29, 0.717) is 5.92 Å². The Bertz CT molecular complexity index is 316. The summed E-state index contributed by atoms with van der Waals surface area (Å²) in [6.07, 6.45) is 4.32. The van der Waals surface area contributed by atoms with Crippen molar-refractivity contribution < 1.29 is 4.74 Å². The summed E-state index contributed by atoms with van der Waals surface area (Å²) in [6.45, 7) is 4.37. The van der Waals surface area contributed by atoms with E-state index >= 15 is 0 Å². The lowest BCUT2D eigenvalue weighted by atomic mass is 10.1. The van der Waals surface area contributed by atoms with Crippen LogP contribution < -0.4 is 4.74 Å². The van der Waals surface area contributed by atoms with Crippen molar-refractivity contribution in [2.45, 2.75) is 26.7 Å². The van der Waals surface area contributed by atoms with Crippen molar-refractivity contribution in [2.24, 2.45) is 10.9 Å². The maximum atomic E-state index is 5.14. The fourth-order valence-electron chi connectivity index (χ4n) is 1.38. The van der Waals surface area contributed by atoms with Crippen LogP contribution in [0.25, 0.3) is 0 Å². The van der Waals surface area contributed by atoms with E-state index < -0.39 is 0 Å². The van der Waals surface area contributed by atoms with Crippen LogP contribution in [0, 0.1) is 5.92 Å². The third kappa shape index (κ3) is 3.74. The van der Waals surface area contributed by atoms with E-state index in [9.17, 15) is 0 Å². The van der Waals surface area contributed by atoms with E-state index in [1.54, 1.807) is 7.11 Å². The zero-order chi connectivity index (χ0) is 11.1. The van der Waals surface area contributed by atoms with E-state index in [4.69, 9.17) is 4.74 Å². The molecule has 0 aliphatic heterocycles. The first-order valence-electron chi connectivity index (χ1n) is 5.48. The van der Waals surface area contributed by atoms with Crippen LogP contribution in [0.1, 0.15) is 26.7 Å². The molecular weight excluding hydrogens is 186 g/mol. The summed E-state index contributed by atoms with van der Waals surface area (Å²) >= 11 is 0. The van der Waals surface area contributed by atoms with E-state index in [0.717, 1.165) is 24.3 Å². The SMILES string of the molecule is CCC(/C=N/c1cccc(OC)c1)CC. The highest BCUT2D eigenvalue weighted by molar-refractivity contribution is 5.66. The van der Waals surface area contributed by atoms with Gasteiger partial charge in [-0.15, -0.1) is 0 Å². The third-order valence-corrected chi connectivity index (χ3v) is 2.54. The second kappa shape index (κ2) is 6.23. The van der Waals surface area contributed by atoms with E-state index in [-0.39, 0.29) is 0 Å². The predicted molar refractivity (Wildman–Crippen MR) is 65.2 cm³/mol. The van der Waals surface area contributed by atoms with Crippen LogP contribution in [0.5, 0.6) is 5.75 Å². The minimum atomic E-state index is 0.580. The summed E-state index contributed by atoms with van der Waals surface area (Å²) in [5.41, 5.74) is 0.959. The number of benzene rings is 1. The fraction of sp³-hybridized carbons (Fsp3) is 0.462. The Morgan fingerprint density at radius 2 is 2.07 bits per heavy atom. The lowest BCUT2D eigenvalue weighted by Crippen LogP contribution is -1.96. The van der Waals surface area contributed by atoms with Gasteiger partial charge in [0.25, 0.3) is 0 Å². The number of hydrogen-bond donors (Lipinski definition) is 0. The molecule has 82 valence electrons. The summed E-state index contributed by atoms with van der Waals surface area (Å²) in [7, 11) is 1.67. The second-order valence-corrected chi connectivity index (χ2v) is 3.56. The van der Waals surface area contributed by atoms with Crippen LogP contribution in [0.15, 0.2) is 29.3 Å². The first kappa shape index (κ1) is 11.8. The summed E-state index contributed by atoms with van der Waals surface area (Å²) in [5, 5.41) is 0. The smallest absolute Gasteiger partial charge is 0.121 e. The highest BCUT2D eigenvalue weighted by Gasteiger charge is 1.98. The van der Waals surface area contributed by atoms with Gasteiger partial charge in [-0.3, -0.25) is 4.99 Å². The largest absolute Gasteiger partial charge is 0.497 e. The van der Waals surface area contributed by atoms with E-state index in [1.165, 1.54) is 0 Å². The molecular formula is C13H19NO. The van der Waals surface area contributed by atoms with Crippen molar-refractivity contribution in [3.63, 3.8) is 0 Å². The van der Waals surface area contributed by atoms with Gasteiger partial charge in [-0.1, -0.05) is 19.9 Å². The summed E-state index contributed by atoms with van der Waals surface area (Å²) in [6, 6.07) is 7.81. The molecule has 0 atom stereocenters. The van der Waals surface area contributed by atoms with Crippen molar-refractivity contribution in [3.05, 3.63) is 24.3 Å². The molecule has 15 heavy (non-hydrogen) atoms. The van der Waals surface area contributed by atoms with Crippen LogP contribution in [0.2, 0.25) is 0 Å². The standard InChI is InChI=1S/C13H19NO/c1-4-11(5-2)10-14-12-7-6-8-13(9-12)15-3/h6-11H,4-5H2,1-3H3/b14-10+. The van der Waals surface area contributed by atoms with Crippen LogP contribution >= 0.6 is 0 Å². The molecule has 2 heteroatoms. The van der Waals surface area contributed by atoms with Crippen LogP contribution in [0.4, 0.5) is 5.69 Å². The van der Waals surface area contributed by atoms with Gasteiger partial charge in [-0.05, 0) is 30.9 Å². The molecule has 0 saturated carbocycles. The average molecular weight is 205 g/mol. The Labute approximate surface area is 92.0 Å². The first-order chi connectivity index (χ1) is 7.30. The molecule has 0 unspecified atom stereocenters. The van der Waals surface area contributed by atoms with Crippen LogP contribution in [0.3, 0.4) is 0 Å². The Morgan fingerprint density at radius 1 is 1.33 bits per heavy atom. The molecule has 0 heterocycles. The average Bonchev–Trinajstić information content (AvgIpc) is 2.31. The maximum absolute atomic E-state index is 5.14. The van der Waals surface area contributed by atoms with Gasteiger partial charge in [0.15, 0.2) is 0 Å². The number of ether oxygens (including phenoxy) is 1. The highest BCUT2D eigenvalue weighted by Crippen LogP contribution is 2.19. The van der Waals surface area contributed by atoms with Gasteiger partial charge in [0.1, 0.15) is 5.75 Å². The predicted octanol–water partition coefficient (Wildman–Crippen LogP) is 3.83. The molecule has 1 aromatic carbocycles. The molecule has 0 fully saturated rings. The lowest BCUT2D eigenvalue weighted by molar-refractivity contribution is 0.415. The van der Waals surface area contributed by atoms with Gasteiger partial charge >= 0.3 is 0 Å². The molecule has 0 aliphatic carbocycles. The molecule has 0 amide bonds. The zero-order valence-corrected chi connectivity index (χ0v) is 9.73. The number of nitrogens with zero attached hydrogens (tertiary/aromatic N) is 1. The van der Waals surface area contributed by atoms with Gasteiger partial charge in [0, 0.05) is 12.3 Å². The van der Waals surface area contributed by atoms with Crippen molar-refractivity contribution >= 4 is 11.9 Å². The van der Waals surface area contributed by atoms with E-state index in [2.05, 4.69) is 18.8 Å². The molecule has 1 rings (SSSR count). The number of methoxy groups -OCH3 is 1. The molecule has 2 nitrogen and oxygen atoms in total. The summed E-state index contributed by atoms with van der Waals surface area (Å²) < 4.78 is 5.14. The van der Waals surface area contributed by atoms with Gasteiger partial charge in [0.05, 0.1) is 12.8 Å². The normalized spacial score (nSPS) is 11.2. The van der Waals surface area contributed by atoms with Crippen LogP contribution in [-0.2, 0) is 0 Å².